The van der Waals surface area contributed by atoms with Gasteiger partial charge in [-0.1, -0.05) is 25.5 Å². The summed E-state index contributed by atoms with van der Waals surface area (Å²) in [5.41, 5.74) is 2.94. The van der Waals surface area contributed by atoms with Crippen LogP contribution >= 0.6 is 0 Å². The number of aryl methyl sites for hydroxylation is 2. The van der Waals surface area contributed by atoms with E-state index in [2.05, 4.69) is 19.1 Å². The van der Waals surface area contributed by atoms with Gasteiger partial charge in [0.1, 0.15) is 6.29 Å². The van der Waals surface area contributed by atoms with E-state index in [1.54, 1.807) is 10.6 Å². The molecule has 0 saturated carbocycles. The van der Waals surface area contributed by atoms with E-state index >= 15 is 0 Å². The smallest absolute Gasteiger partial charge is 0.251 e. The molecule has 0 fully saturated rings. The molecule has 0 aliphatic heterocycles. The maximum atomic E-state index is 12.0. The Bertz CT molecular complexity index is 656. The maximum Gasteiger partial charge on any atom is 0.251 e. The fourth-order valence-corrected chi connectivity index (χ4v) is 2.39. The van der Waals surface area contributed by atoms with E-state index in [1.807, 2.05) is 13.0 Å². The molecule has 0 bridgehead atoms. The highest BCUT2D eigenvalue weighted by atomic mass is 16.1. The molecule has 0 aliphatic carbocycles. The third-order valence-electron chi connectivity index (χ3n) is 3.46. The van der Waals surface area contributed by atoms with Gasteiger partial charge in [0.25, 0.3) is 5.56 Å². The molecule has 0 spiro atoms. The normalized spacial score (nSPS) is 10.8. The van der Waals surface area contributed by atoms with Crippen molar-refractivity contribution >= 4 is 17.2 Å². The number of carbonyl (C=O) groups excluding carboxylic acids is 1. The van der Waals surface area contributed by atoms with Crippen molar-refractivity contribution in [2.24, 2.45) is 0 Å². The number of aldehydes is 1. The zero-order valence-electron chi connectivity index (χ0n) is 11.5. The average molecular weight is 257 g/mol. The Morgan fingerprint density at radius 2 is 2.05 bits per heavy atom. The van der Waals surface area contributed by atoms with Gasteiger partial charge >= 0.3 is 0 Å². The van der Waals surface area contributed by atoms with E-state index < -0.39 is 0 Å². The lowest BCUT2D eigenvalue weighted by Gasteiger charge is -2.11. The van der Waals surface area contributed by atoms with Crippen LogP contribution in [0.5, 0.6) is 0 Å². The predicted octanol–water partition coefficient (Wildman–Crippen LogP) is 2.85. The lowest BCUT2D eigenvalue weighted by molar-refractivity contribution is -0.108. The monoisotopic (exact) mass is 257 g/mol. The molecule has 0 N–H and O–H groups in total. The number of unbranched alkanes of at least 4 members (excludes halogenated alkanes) is 1. The summed E-state index contributed by atoms with van der Waals surface area (Å²) in [5.74, 6) is 0. The largest absolute Gasteiger partial charge is 0.301 e. The number of pyridine rings is 1. The van der Waals surface area contributed by atoms with Crippen molar-refractivity contribution in [3.8, 4) is 0 Å². The van der Waals surface area contributed by atoms with Crippen LogP contribution in [0.15, 0.2) is 29.1 Å². The molecule has 1 aromatic carbocycles. The molecule has 0 unspecified atom stereocenters. The molecule has 0 saturated heterocycles. The molecular formula is C16H19NO2. The number of hydrogen-bond acceptors (Lipinski definition) is 2. The van der Waals surface area contributed by atoms with Crippen LogP contribution in [0.4, 0.5) is 0 Å². The van der Waals surface area contributed by atoms with Crippen molar-refractivity contribution in [2.75, 3.05) is 0 Å². The first-order chi connectivity index (χ1) is 9.17. The first-order valence-electron chi connectivity index (χ1n) is 6.74. The molecule has 1 heterocycles. The van der Waals surface area contributed by atoms with E-state index in [4.69, 9.17) is 0 Å². The van der Waals surface area contributed by atoms with Crippen molar-refractivity contribution in [3.05, 3.63) is 45.7 Å². The van der Waals surface area contributed by atoms with Gasteiger partial charge in [0, 0.05) is 11.5 Å². The fraction of sp³-hybridized carbons (Fsp3) is 0.375. The Morgan fingerprint density at radius 1 is 1.26 bits per heavy atom. The minimum Gasteiger partial charge on any atom is -0.301 e. The summed E-state index contributed by atoms with van der Waals surface area (Å²) in [5, 5.41) is 1.04. The first kappa shape index (κ1) is 13.5. The molecule has 100 valence electrons. The number of aromatic nitrogens is 1. The molecule has 3 nitrogen and oxygen atoms in total. The van der Waals surface area contributed by atoms with E-state index in [1.165, 1.54) is 5.56 Å². The summed E-state index contributed by atoms with van der Waals surface area (Å²) in [6, 6.07) is 7.80. The van der Waals surface area contributed by atoms with E-state index in [0.717, 1.165) is 42.0 Å². The second-order valence-electron chi connectivity index (χ2n) is 4.90. The molecule has 0 amide bonds. The van der Waals surface area contributed by atoms with Gasteiger partial charge in [-0.15, -0.1) is 0 Å². The van der Waals surface area contributed by atoms with Gasteiger partial charge in [-0.3, -0.25) is 4.79 Å². The highest BCUT2D eigenvalue weighted by Crippen LogP contribution is 2.19. The molecule has 1 aromatic heterocycles. The standard InChI is InChI=1S/C16H19NO2/c1-3-4-5-13-6-7-14-12(2)10-16(19)17(8-9-18)15(14)11-13/h6-7,9-11H,3-5,8H2,1-2H3. The van der Waals surface area contributed by atoms with Crippen molar-refractivity contribution < 1.29 is 4.79 Å². The number of hydrogen-bond donors (Lipinski definition) is 0. The lowest BCUT2D eigenvalue weighted by atomic mass is 10.0. The minimum absolute atomic E-state index is 0.107. The van der Waals surface area contributed by atoms with Crippen LogP contribution in [-0.2, 0) is 17.8 Å². The van der Waals surface area contributed by atoms with Crippen molar-refractivity contribution in [1.29, 1.82) is 0 Å². The van der Waals surface area contributed by atoms with Gasteiger partial charge in [0.2, 0.25) is 0 Å². The van der Waals surface area contributed by atoms with Crippen LogP contribution in [0.25, 0.3) is 10.9 Å². The second kappa shape index (κ2) is 5.83. The zero-order chi connectivity index (χ0) is 13.8. The molecule has 2 rings (SSSR count). The van der Waals surface area contributed by atoms with Crippen LogP contribution in [0.3, 0.4) is 0 Å². The molecule has 0 atom stereocenters. The quantitative estimate of drug-likeness (QED) is 0.773. The Morgan fingerprint density at radius 3 is 2.74 bits per heavy atom. The highest BCUT2D eigenvalue weighted by Gasteiger charge is 2.07. The van der Waals surface area contributed by atoms with E-state index in [-0.39, 0.29) is 12.1 Å². The van der Waals surface area contributed by atoms with Gasteiger partial charge in [0.15, 0.2) is 0 Å². The summed E-state index contributed by atoms with van der Waals surface area (Å²) < 4.78 is 1.55. The lowest BCUT2D eigenvalue weighted by Crippen LogP contribution is -2.21. The van der Waals surface area contributed by atoms with Crippen LogP contribution in [-0.4, -0.2) is 10.9 Å². The molecule has 0 aliphatic rings. The number of benzene rings is 1. The van der Waals surface area contributed by atoms with Gasteiger partial charge in [-0.2, -0.15) is 0 Å². The summed E-state index contributed by atoms with van der Waals surface area (Å²) in [7, 11) is 0. The summed E-state index contributed by atoms with van der Waals surface area (Å²) in [6.07, 6.45) is 4.06. The third kappa shape index (κ3) is 2.75. The molecule has 3 heteroatoms. The van der Waals surface area contributed by atoms with Crippen molar-refractivity contribution in [1.82, 2.24) is 4.57 Å². The third-order valence-corrected chi connectivity index (χ3v) is 3.46. The predicted molar refractivity (Wildman–Crippen MR) is 77.6 cm³/mol. The SMILES string of the molecule is CCCCc1ccc2c(C)cc(=O)n(CC=O)c2c1. The number of fused-ring (bicyclic) bond motifs is 1. The molecule has 2 aromatic rings. The van der Waals surface area contributed by atoms with E-state index in [0.29, 0.717) is 0 Å². The second-order valence-corrected chi connectivity index (χ2v) is 4.90. The summed E-state index contributed by atoms with van der Waals surface area (Å²) in [6.45, 7) is 4.21. The topological polar surface area (TPSA) is 39.1 Å². The maximum absolute atomic E-state index is 12.0. The average Bonchev–Trinajstić information content (AvgIpc) is 2.41. The van der Waals surface area contributed by atoms with Crippen LogP contribution in [0.2, 0.25) is 0 Å². The first-order valence-corrected chi connectivity index (χ1v) is 6.74. The van der Waals surface area contributed by atoms with Gasteiger partial charge in [0.05, 0.1) is 12.1 Å². The van der Waals surface area contributed by atoms with Crippen LogP contribution in [0.1, 0.15) is 30.9 Å². The van der Waals surface area contributed by atoms with Crippen molar-refractivity contribution in [3.63, 3.8) is 0 Å². The van der Waals surface area contributed by atoms with Gasteiger partial charge in [-0.05, 0) is 37.0 Å². The number of rotatable bonds is 5. The Balaban J connectivity index is 2.63. The Hall–Kier alpha value is -1.90. The number of carbonyl (C=O) groups is 1. The van der Waals surface area contributed by atoms with Crippen LogP contribution in [0, 0.1) is 6.92 Å². The number of nitrogens with zero attached hydrogens (tertiary/aromatic N) is 1. The van der Waals surface area contributed by atoms with Crippen LogP contribution < -0.4 is 5.56 Å². The Kier molecular flexibility index (Phi) is 4.15. The van der Waals surface area contributed by atoms with Gasteiger partial charge < -0.3 is 9.36 Å². The van der Waals surface area contributed by atoms with Gasteiger partial charge in [-0.25, -0.2) is 0 Å². The molecule has 0 radical (unpaired) electrons. The summed E-state index contributed by atoms with van der Waals surface area (Å²) >= 11 is 0. The summed E-state index contributed by atoms with van der Waals surface area (Å²) in [4.78, 5) is 22.7. The highest BCUT2D eigenvalue weighted by molar-refractivity contribution is 5.83. The van der Waals surface area contributed by atoms with E-state index in [9.17, 15) is 9.59 Å². The molecule has 19 heavy (non-hydrogen) atoms. The minimum atomic E-state index is -0.107. The Labute approximate surface area is 112 Å². The fourth-order valence-electron chi connectivity index (χ4n) is 2.39. The van der Waals surface area contributed by atoms with Crippen molar-refractivity contribution in [2.45, 2.75) is 39.7 Å². The molecular weight excluding hydrogens is 238 g/mol. The zero-order valence-corrected chi connectivity index (χ0v) is 11.5.